The predicted molar refractivity (Wildman–Crippen MR) is 65.1 cm³/mol. The maximum Gasteiger partial charge on any atom is 0.253 e. The van der Waals surface area contributed by atoms with Crippen molar-refractivity contribution in [1.82, 2.24) is 15.3 Å². The zero-order valence-electron chi connectivity index (χ0n) is 9.19. The number of amides is 1. The molecule has 0 aliphatic rings. The topological polar surface area (TPSA) is 74.8 Å². The Kier molecular flexibility index (Phi) is 3.34. The summed E-state index contributed by atoms with van der Waals surface area (Å²) < 4.78 is 0. The van der Waals surface area contributed by atoms with E-state index in [1.54, 1.807) is 11.3 Å². The standard InChI is InChI=1S/C11H11N3O2S/c1-7-14-9(6-17-7)5-13-11(16)8-2-3-10(15)12-4-8/h2-4,6H,5H2,1H3,(H,12,15)(H,13,16). The van der Waals surface area contributed by atoms with Gasteiger partial charge in [-0.15, -0.1) is 11.3 Å². The first kappa shape index (κ1) is 11.5. The van der Waals surface area contributed by atoms with E-state index in [-0.39, 0.29) is 11.5 Å². The number of pyridine rings is 1. The SMILES string of the molecule is Cc1nc(CNC(=O)c2ccc(=O)[nH]c2)cs1. The number of carbonyl (C=O) groups is 1. The molecule has 0 unspecified atom stereocenters. The maximum atomic E-state index is 11.7. The van der Waals surface area contributed by atoms with E-state index in [2.05, 4.69) is 15.3 Å². The van der Waals surface area contributed by atoms with Crippen molar-refractivity contribution in [3.63, 3.8) is 0 Å². The van der Waals surface area contributed by atoms with Crippen LogP contribution < -0.4 is 10.9 Å². The van der Waals surface area contributed by atoms with Gasteiger partial charge in [-0.1, -0.05) is 0 Å². The molecular weight excluding hydrogens is 238 g/mol. The lowest BCUT2D eigenvalue weighted by molar-refractivity contribution is 0.0950. The van der Waals surface area contributed by atoms with Gasteiger partial charge < -0.3 is 10.3 Å². The van der Waals surface area contributed by atoms with Gasteiger partial charge >= 0.3 is 0 Å². The molecule has 88 valence electrons. The van der Waals surface area contributed by atoms with Gasteiger partial charge in [0.05, 0.1) is 22.8 Å². The molecule has 17 heavy (non-hydrogen) atoms. The zero-order chi connectivity index (χ0) is 12.3. The smallest absolute Gasteiger partial charge is 0.253 e. The van der Waals surface area contributed by atoms with Gasteiger partial charge in [0.2, 0.25) is 5.56 Å². The number of H-pyrrole nitrogens is 1. The Morgan fingerprint density at radius 2 is 2.35 bits per heavy atom. The summed E-state index contributed by atoms with van der Waals surface area (Å²) in [6.07, 6.45) is 1.39. The number of hydrogen-bond donors (Lipinski definition) is 2. The fourth-order valence-electron chi connectivity index (χ4n) is 1.31. The highest BCUT2D eigenvalue weighted by molar-refractivity contribution is 7.09. The highest BCUT2D eigenvalue weighted by Gasteiger charge is 2.06. The largest absolute Gasteiger partial charge is 0.346 e. The molecule has 1 amide bonds. The quantitative estimate of drug-likeness (QED) is 0.854. The zero-order valence-corrected chi connectivity index (χ0v) is 10.0. The highest BCUT2D eigenvalue weighted by atomic mass is 32.1. The second-order valence-corrected chi connectivity index (χ2v) is 4.54. The van der Waals surface area contributed by atoms with E-state index >= 15 is 0 Å². The van der Waals surface area contributed by atoms with Gasteiger partial charge in [0.25, 0.3) is 5.91 Å². The minimum atomic E-state index is -0.230. The Morgan fingerprint density at radius 1 is 1.53 bits per heavy atom. The number of thiazole rings is 1. The number of rotatable bonds is 3. The van der Waals surface area contributed by atoms with E-state index < -0.39 is 0 Å². The van der Waals surface area contributed by atoms with E-state index in [0.29, 0.717) is 12.1 Å². The lowest BCUT2D eigenvalue weighted by Gasteiger charge is -2.02. The van der Waals surface area contributed by atoms with Crippen molar-refractivity contribution >= 4 is 17.2 Å². The van der Waals surface area contributed by atoms with Crippen LogP contribution in [0.25, 0.3) is 0 Å². The second-order valence-electron chi connectivity index (χ2n) is 3.48. The molecule has 0 fully saturated rings. The van der Waals surface area contributed by atoms with Crippen LogP contribution in [0.3, 0.4) is 0 Å². The van der Waals surface area contributed by atoms with E-state index in [1.807, 2.05) is 12.3 Å². The van der Waals surface area contributed by atoms with Crippen LogP contribution in [0.5, 0.6) is 0 Å². The maximum absolute atomic E-state index is 11.7. The van der Waals surface area contributed by atoms with E-state index in [9.17, 15) is 9.59 Å². The van der Waals surface area contributed by atoms with Crippen LogP contribution in [0.1, 0.15) is 21.1 Å². The Labute approximate surface area is 102 Å². The Hall–Kier alpha value is -1.95. The summed E-state index contributed by atoms with van der Waals surface area (Å²) in [4.78, 5) is 29.2. The summed E-state index contributed by atoms with van der Waals surface area (Å²) in [5.41, 5.74) is 1.04. The van der Waals surface area contributed by atoms with Gasteiger partial charge in [-0.3, -0.25) is 9.59 Å². The molecule has 2 rings (SSSR count). The Bertz CT molecular complexity index is 568. The number of aromatic nitrogens is 2. The van der Waals surface area contributed by atoms with E-state index in [4.69, 9.17) is 0 Å². The minimum absolute atomic E-state index is 0.225. The van der Waals surface area contributed by atoms with Crippen LogP contribution in [-0.4, -0.2) is 15.9 Å². The molecule has 0 aliphatic heterocycles. The monoisotopic (exact) mass is 249 g/mol. The molecule has 0 atom stereocenters. The molecule has 5 nitrogen and oxygen atoms in total. The van der Waals surface area contributed by atoms with Crippen molar-refractivity contribution in [2.24, 2.45) is 0 Å². The third-order valence-corrected chi connectivity index (χ3v) is 2.97. The van der Waals surface area contributed by atoms with Crippen LogP contribution in [0, 0.1) is 6.92 Å². The van der Waals surface area contributed by atoms with Crippen LogP contribution in [0.2, 0.25) is 0 Å². The summed E-state index contributed by atoms with van der Waals surface area (Å²) in [7, 11) is 0. The van der Waals surface area contributed by atoms with Gasteiger partial charge in [0, 0.05) is 17.6 Å². The van der Waals surface area contributed by atoms with E-state index in [0.717, 1.165) is 10.7 Å². The molecule has 0 saturated carbocycles. The van der Waals surface area contributed by atoms with Crippen molar-refractivity contribution < 1.29 is 4.79 Å². The van der Waals surface area contributed by atoms with Gasteiger partial charge in [-0.05, 0) is 13.0 Å². The third-order valence-electron chi connectivity index (χ3n) is 2.14. The molecule has 0 bridgehead atoms. The number of carbonyl (C=O) groups excluding carboxylic acids is 1. The first-order valence-electron chi connectivity index (χ1n) is 5.03. The minimum Gasteiger partial charge on any atom is -0.346 e. The molecule has 2 heterocycles. The molecule has 0 aliphatic carbocycles. The van der Waals surface area contributed by atoms with E-state index in [1.165, 1.54) is 18.3 Å². The van der Waals surface area contributed by atoms with Crippen molar-refractivity contribution in [1.29, 1.82) is 0 Å². The normalized spacial score (nSPS) is 10.2. The highest BCUT2D eigenvalue weighted by Crippen LogP contribution is 2.07. The molecule has 2 aromatic heterocycles. The summed E-state index contributed by atoms with van der Waals surface area (Å²) in [5.74, 6) is -0.230. The Balaban J connectivity index is 1.98. The summed E-state index contributed by atoms with van der Waals surface area (Å²) in [6.45, 7) is 2.31. The van der Waals surface area contributed by atoms with Crippen LogP contribution in [0.15, 0.2) is 28.5 Å². The lowest BCUT2D eigenvalue weighted by atomic mass is 10.2. The van der Waals surface area contributed by atoms with Crippen LogP contribution in [0.4, 0.5) is 0 Å². The van der Waals surface area contributed by atoms with Crippen LogP contribution >= 0.6 is 11.3 Å². The second kappa shape index (κ2) is 4.92. The lowest BCUT2D eigenvalue weighted by Crippen LogP contribution is -2.23. The molecule has 6 heteroatoms. The van der Waals surface area contributed by atoms with Crippen molar-refractivity contribution in [2.75, 3.05) is 0 Å². The molecule has 0 radical (unpaired) electrons. The van der Waals surface area contributed by atoms with Crippen molar-refractivity contribution in [3.05, 3.63) is 50.3 Å². The third kappa shape index (κ3) is 3.01. The average molecular weight is 249 g/mol. The molecule has 0 saturated heterocycles. The fraction of sp³-hybridized carbons (Fsp3) is 0.182. The summed E-state index contributed by atoms with van der Waals surface area (Å²) in [6, 6.07) is 2.81. The molecule has 2 N–H and O–H groups in total. The Morgan fingerprint density at radius 3 is 2.94 bits per heavy atom. The first-order chi connectivity index (χ1) is 8.15. The van der Waals surface area contributed by atoms with Crippen molar-refractivity contribution in [2.45, 2.75) is 13.5 Å². The number of aromatic amines is 1. The van der Waals surface area contributed by atoms with Crippen molar-refractivity contribution in [3.8, 4) is 0 Å². The average Bonchev–Trinajstić information content (AvgIpc) is 2.73. The first-order valence-corrected chi connectivity index (χ1v) is 5.91. The fourth-order valence-corrected chi connectivity index (χ4v) is 1.93. The van der Waals surface area contributed by atoms with Crippen LogP contribution in [-0.2, 0) is 6.54 Å². The molecule has 0 spiro atoms. The molecule has 0 aromatic carbocycles. The van der Waals surface area contributed by atoms with Gasteiger partial charge in [-0.2, -0.15) is 0 Å². The van der Waals surface area contributed by atoms with Gasteiger partial charge in [-0.25, -0.2) is 4.98 Å². The number of aryl methyl sites for hydroxylation is 1. The number of nitrogens with one attached hydrogen (secondary N) is 2. The molecule has 2 aromatic rings. The number of nitrogens with zero attached hydrogens (tertiary/aromatic N) is 1. The molecular formula is C11H11N3O2S. The summed E-state index contributed by atoms with van der Waals surface area (Å²) >= 11 is 1.54. The number of hydrogen-bond acceptors (Lipinski definition) is 4. The predicted octanol–water partition coefficient (Wildman–Crippen LogP) is 1.07. The summed E-state index contributed by atoms with van der Waals surface area (Å²) in [5, 5.41) is 5.61. The van der Waals surface area contributed by atoms with Gasteiger partial charge in [0.15, 0.2) is 0 Å². The van der Waals surface area contributed by atoms with Gasteiger partial charge in [0.1, 0.15) is 0 Å².